The van der Waals surface area contributed by atoms with Crippen molar-refractivity contribution in [3.8, 4) is 0 Å². The number of hydrogen-bond acceptors (Lipinski definition) is 2. The van der Waals surface area contributed by atoms with Crippen molar-refractivity contribution in [3.05, 3.63) is 0 Å². The molecule has 1 aliphatic carbocycles. The fourth-order valence-corrected chi connectivity index (χ4v) is 2.29. The second kappa shape index (κ2) is 6.11. The van der Waals surface area contributed by atoms with Crippen LogP contribution < -0.4 is 5.32 Å². The van der Waals surface area contributed by atoms with Gasteiger partial charge in [0.25, 0.3) is 0 Å². The van der Waals surface area contributed by atoms with Crippen LogP contribution in [0.2, 0.25) is 0 Å². The molecule has 0 aromatic rings. The first kappa shape index (κ1) is 12.5. The van der Waals surface area contributed by atoms with E-state index in [1.54, 1.807) is 0 Å². The van der Waals surface area contributed by atoms with Gasteiger partial charge in [-0.3, -0.25) is 9.69 Å². The molecule has 0 saturated heterocycles. The molecule has 0 aliphatic heterocycles. The van der Waals surface area contributed by atoms with Gasteiger partial charge in [-0.15, -0.1) is 0 Å². The number of carbonyl (C=O) groups excluding carboxylic acids is 1. The summed E-state index contributed by atoms with van der Waals surface area (Å²) in [4.78, 5) is 13.6. The van der Waals surface area contributed by atoms with Gasteiger partial charge in [0, 0.05) is 12.6 Å². The molecule has 15 heavy (non-hydrogen) atoms. The van der Waals surface area contributed by atoms with Crippen LogP contribution in [0.15, 0.2) is 0 Å². The molecule has 0 unspecified atom stereocenters. The molecule has 0 spiro atoms. The summed E-state index contributed by atoms with van der Waals surface area (Å²) in [5.74, 6) is 1.03. The summed E-state index contributed by atoms with van der Waals surface area (Å²) < 4.78 is 0. The number of rotatable bonds is 4. The van der Waals surface area contributed by atoms with Crippen LogP contribution in [0.3, 0.4) is 0 Å². The van der Waals surface area contributed by atoms with E-state index in [2.05, 4.69) is 24.2 Å². The monoisotopic (exact) mass is 212 g/mol. The van der Waals surface area contributed by atoms with E-state index in [9.17, 15) is 4.79 Å². The van der Waals surface area contributed by atoms with Gasteiger partial charge in [0.1, 0.15) is 0 Å². The summed E-state index contributed by atoms with van der Waals surface area (Å²) >= 11 is 0. The maximum atomic E-state index is 11.4. The molecule has 1 aliphatic rings. The third kappa shape index (κ3) is 4.20. The predicted octanol–water partition coefficient (Wildman–Crippen LogP) is 1.63. The van der Waals surface area contributed by atoms with Crippen molar-refractivity contribution in [1.82, 2.24) is 10.2 Å². The van der Waals surface area contributed by atoms with Gasteiger partial charge in [-0.05, 0) is 45.6 Å². The number of hydrogen-bond donors (Lipinski definition) is 1. The molecule has 3 heteroatoms. The molecular formula is C12H24N2O. The Bertz CT molecular complexity index is 198. The van der Waals surface area contributed by atoms with Crippen molar-refractivity contribution in [3.63, 3.8) is 0 Å². The Kier molecular flexibility index (Phi) is 5.09. The Morgan fingerprint density at radius 3 is 2.47 bits per heavy atom. The Morgan fingerprint density at radius 1 is 1.33 bits per heavy atom. The Morgan fingerprint density at radius 2 is 1.93 bits per heavy atom. The topological polar surface area (TPSA) is 32.3 Å². The average Bonchev–Trinajstić information content (AvgIpc) is 2.18. The van der Waals surface area contributed by atoms with Crippen LogP contribution in [0.5, 0.6) is 0 Å². The quantitative estimate of drug-likeness (QED) is 0.768. The van der Waals surface area contributed by atoms with Crippen LogP contribution >= 0.6 is 0 Å². The number of nitrogens with zero attached hydrogens (tertiary/aromatic N) is 1. The van der Waals surface area contributed by atoms with Gasteiger partial charge in [0.2, 0.25) is 5.91 Å². The molecule has 1 fully saturated rings. The lowest BCUT2D eigenvalue weighted by Gasteiger charge is -2.33. The Balaban J connectivity index is 2.27. The second-order valence-electron chi connectivity index (χ2n) is 4.78. The predicted molar refractivity (Wildman–Crippen MR) is 62.7 cm³/mol. The van der Waals surface area contributed by atoms with Crippen LogP contribution in [0.25, 0.3) is 0 Å². The van der Waals surface area contributed by atoms with Crippen LogP contribution in [-0.4, -0.2) is 37.0 Å². The molecule has 3 nitrogen and oxygen atoms in total. The smallest absolute Gasteiger partial charge is 0.234 e. The van der Waals surface area contributed by atoms with Gasteiger partial charge < -0.3 is 5.32 Å². The molecule has 0 aromatic heterocycles. The van der Waals surface area contributed by atoms with Crippen LogP contribution in [0.4, 0.5) is 0 Å². The van der Waals surface area contributed by atoms with E-state index in [4.69, 9.17) is 0 Å². The minimum atomic E-state index is 0.152. The normalized spacial score (nSPS) is 26.7. The van der Waals surface area contributed by atoms with Crippen molar-refractivity contribution in [1.29, 1.82) is 0 Å². The van der Waals surface area contributed by atoms with Crippen molar-refractivity contribution < 1.29 is 4.79 Å². The van der Waals surface area contributed by atoms with E-state index in [-0.39, 0.29) is 5.91 Å². The molecule has 0 radical (unpaired) electrons. The van der Waals surface area contributed by atoms with Gasteiger partial charge in [-0.1, -0.05) is 6.92 Å². The highest BCUT2D eigenvalue weighted by Crippen LogP contribution is 2.26. The molecule has 1 amide bonds. The highest BCUT2D eigenvalue weighted by molar-refractivity contribution is 5.77. The summed E-state index contributed by atoms with van der Waals surface area (Å²) in [6, 6.07) is 0.615. The molecular weight excluding hydrogens is 188 g/mol. The summed E-state index contributed by atoms with van der Waals surface area (Å²) in [6.45, 7) is 5.56. The summed E-state index contributed by atoms with van der Waals surface area (Å²) in [5, 5.41) is 2.84. The minimum absolute atomic E-state index is 0.152. The van der Waals surface area contributed by atoms with Gasteiger partial charge in [-0.2, -0.15) is 0 Å². The Hall–Kier alpha value is -0.570. The first-order valence-electron chi connectivity index (χ1n) is 6.10. The SMILES string of the molecule is CCNC(=O)CN(C)C1CCC(C)CC1. The first-order valence-corrected chi connectivity index (χ1v) is 6.10. The molecule has 1 N–H and O–H groups in total. The molecule has 0 aromatic carbocycles. The number of amides is 1. The van der Waals surface area contributed by atoms with E-state index < -0.39 is 0 Å². The third-order valence-electron chi connectivity index (χ3n) is 3.38. The van der Waals surface area contributed by atoms with Gasteiger partial charge in [0.05, 0.1) is 6.54 Å². The molecule has 0 heterocycles. The molecule has 1 saturated carbocycles. The minimum Gasteiger partial charge on any atom is -0.355 e. The van der Waals surface area contributed by atoms with Crippen molar-refractivity contribution >= 4 is 5.91 Å². The zero-order valence-corrected chi connectivity index (χ0v) is 10.3. The second-order valence-corrected chi connectivity index (χ2v) is 4.78. The van der Waals surface area contributed by atoms with Crippen LogP contribution in [0, 0.1) is 5.92 Å². The van der Waals surface area contributed by atoms with E-state index in [1.807, 2.05) is 6.92 Å². The van der Waals surface area contributed by atoms with Gasteiger partial charge in [-0.25, -0.2) is 0 Å². The van der Waals surface area contributed by atoms with Crippen molar-refractivity contribution in [2.75, 3.05) is 20.1 Å². The van der Waals surface area contributed by atoms with Gasteiger partial charge in [0.15, 0.2) is 0 Å². The number of carbonyl (C=O) groups is 1. The molecule has 1 rings (SSSR count). The first-order chi connectivity index (χ1) is 7.13. The lowest BCUT2D eigenvalue weighted by molar-refractivity contribution is -0.122. The zero-order chi connectivity index (χ0) is 11.3. The number of nitrogens with one attached hydrogen (secondary N) is 1. The molecule has 0 atom stereocenters. The third-order valence-corrected chi connectivity index (χ3v) is 3.38. The summed E-state index contributed by atoms with van der Waals surface area (Å²) in [5.41, 5.74) is 0. The highest BCUT2D eigenvalue weighted by atomic mass is 16.2. The van der Waals surface area contributed by atoms with E-state index in [0.717, 1.165) is 12.5 Å². The van der Waals surface area contributed by atoms with Crippen LogP contribution in [-0.2, 0) is 4.79 Å². The number of likely N-dealkylation sites (N-methyl/N-ethyl adjacent to an activating group) is 2. The molecule has 88 valence electrons. The lowest BCUT2D eigenvalue weighted by atomic mass is 9.87. The standard InChI is InChI=1S/C12H24N2O/c1-4-13-12(15)9-14(3)11-7-5-10(2)6-8-11/h10-11H,4-9H2,1-3H3,(H,13,15). The lowest BCUT2D eigenvalue weighted by Crippen LogP contribution is -2.41. The van der Waals surface area contributed by atoms with E-state index in [1.165, 1.54) is 25.7 Å². The van der Waals surface area contributed by atoms with Crippen molar-refractivity contribution in [2.45, 2.75) is 45.6 Å². The van der Waals surface area contributed by atoms with Crippen LogP contribution in [0.1, 0.15) is 39.5 Å². The fraction of sp³-hybridized carbons (Fsp3) is 0.917. The summed E-state index contributed by atoms with van der Waals surface area (Å²) in [6.07, 6.45) is 5.11. The zero-order valence-electron chi connectivity index (χ0n) is 10.3. The van der Waals surface area contributed by atoms with E-state index in [0.29, 0.717) is 12.6 Å². The summed E-state index contributed by atoms with van der Waals surface area (Å²) in [7, 11) is 2.07. The highest BCUT2D eigenvalue weighted by Gasteiger charge is 2.22. The fourth-order valence-electron chi connectivity index (χ4n) is 2.29. The largest absolute Gasteiger partial charge is 0.355 e. The maximum absolute atomic E-state index is 11.4. The maximum Gasteiger partial charge on any atom is 0.234 e. The Labute approximate surface area is 93.2 Å². The van der Waals surface area contributed by atoms with Gasteiger partial charge >= 0.3 is 0 Å². The van der Waals surface area contributed by atoms with Crippen molar-refractivity contribution in [2.24, 2.45) is 5.92 Å². The van der Waals surface area contributed by atoms with E-state index >= 15 is 0 Å². The molecule has 0 bridgehead atoms. The average molecular weight is 212 g/mol.